The Labute approximate surface area is 170 Å². The van der Waals surface area contributed by atoms with E-state index in [1.54, 1.807) is 13.8 Å². The summed E-state index contributed by atoms with van der Waals surface area (Å²) in [4.78, 5) is 37.1. The molecule has 1 fully saturated rings. The van der Waals surface area contributed by atoms with Gasteiger partial charge in [0.25, 0.3) is 6.43 Å². The summed E-state index contributed by atoms with van der Waals surface area (Å²) in [6.07, 6.45) is -3.73. The minimum absolute atomic E-state index is 0.0517. The maximum atomic E-state index is 13.6. The van der Waals surface area contributed by atoms with E-state index in [0.717, 1.165) is 0 Å². The van der Waals surface area contributed by atoms with Crippen molar-refractivity contribution in [1.82, 2.24) is 15.5 Å². The Balaban J connectivity index is 3.07. The maximum absolute atomic E-state index is 13.6. The number of halogens is 2. The molecule has 0 aromatic carbocycles. The quantitative estimate of drug-likeness (QED) is 0.405. The molecule has 0 bridgehead atoms. The zero-order valence-electron chi connectivity index (χ0n) is 17.4. The van der Waals surface area contributed by atoms with E-state index in [9.17, 15) is 33.4 Å². The van der Waals surface area contributed by atoms with Crippen LogP contribution in [0.25, 0.3) is 0 Å². The minimum Gasteiger partial charge on any atom is -0.465 e. The molecule has 0 saturated carbocycles. The predicted molar refractivity (Wildman–Crippen MR) is 102 cm³/mol. The molecule has 168 valence electrons. The van der Waals surface area contributed by atoms with E-state index in [2.05, 4.69) is 10.6 Å². The predicted octanol–water partition coefficient (Wildman–Crippen LogP) is 1.67. The molecule has 1 heterocycles. The molecule has 0 aromatic heterocycles. The molecule has 1 rings (SSSR count). The van der Waals surface area contributed by atoms with Crippen molar-refractivity contribution < 1.29 is 33.4 Å². The van der Waals surface area contributed by atoms with Crippen LogP contribution in [-0.2, 0) is 9.59 Å². The van der Waals surface area contributed by atoms with Crippen LogP contribution in [0.2, 0.25) is 0 Å². The largest absolute Gasteiger partial charge is 0.465 e. The summed E-state index contributed by atoms with van der Waals surface area (Å²) in [5, 5.41) is 24.5. The molecule has 4 atom stereocenters. The van der Waals surface area contributed by atoms with Gasteiger partial charge in [-0.3, -0.25) is 14.5 Å². The summed E-state index contributed by atoms with van der Waals surface area (Å²) in [7, 11) is 0. The van der Waals surface area contributed by atoms with Gasteiger partial charge in [-0.15, -0.1) is 0 Å². The van der Waals surface area contributed by atoms with Crippen molar-refractivity contribution in [2.75, 3.05) is 13.2 Å². The molecule has 1 aliphatic heterocycles. The number of carbonyl (C=O) groups excluding carboxylic acids is 2. The lowest BCUT2D eigenvalue weighted by atomic mass is 9.95. The highest BCUT2D eigenvalue weighted by Crippen LogP contribution is 2.25. The molecular formula is C19H33F2N3O5. The van der Waals surface area contributed by atoms with Crippen molar-refractivity contribution in [2.45, 2.75) is 71.5 Å². The van der Waals surface area contributed by atoms with Gasteiger partial charge in [-0.05, 0) is 31.1 Å². The van der Waals surface area contributed by atoms with Gasteiger partial charge in [0.1, 0.15) is 6.04 Å². The summed E-state index contributed by atoms with van der Waals surface area (Å²) in [6.45, 7) is 6.56. The smallest absolute Gasteiger partial charge is 0.408 e. The molecule has 0 radical (unpaired) electrons. The Morgan fingerprint density at radius 1 is 1.28 bits per heavy atom. The van der Waals surface area contributed by atoms with Crippen LogP contribution in [-0.4, -0.2) is 70.7 Å². The molecule has 0 aromatic rings. The number of aliphatic hydroxyl groups is 1. The van der Waals surface area contributed by atoms with Crippen LogP contribution in [0.4, 0.5) is 13.6 Å². The monoisotopic (exact) mass is 421 g/mol. The summed E-state index contributed by atoms with van der Waals surface area (Å²) < 4.78 is 27.3. The highest BCUT2D eigenvalue weighted by molar-refractivity contribution is 5.86. The van der Waals surface area contributed by atoms with Crippen LogP contribution in [0.15, 0.2) is 0 Å². The topological polar surface area (TPSA) is 119 Å². The number of carboxylic acid groups (broad SMARTS) is 1. The molecule has 10 heteroatoms. The Morgan fingerprint density at radius 3 is 2.28 bits per heavy atom. The van der Waals surface area contributed by atoms with Crippen molar-refractivity contribution in [3.63, 3.8) is 0 Å². The zero-order chi connectivity index (χ0) is 22.3. The summed E-state index contributed by atoms with van der Waals surface area (Å²) >= 11 is 0. The third-order valence-electron chi connectivity index (χ3n) is 5.12. The highest BCUT2D eigenvalue weighted by atomic mass is 19.3. The van der Waals surface area contributed by atoms with E-state index in [1.165, 1.54) is 13.8 Å². The van der Waals surface area contributed by atoms with Gasteiger partial charge < -0.3 is 20.8 Å². The van der Waals surface area contributed by atoms with Crippen LogP contribution >= 0.6 is 0 Å². The third-order valence-corrected chi connectivity index (χ3v) is 5.12. The number of carbonyl (C=O) groups is 3. The van der Waals surface area contributed by atoms with E-state index in [0.29, 0.717) is 17.9 Å². The Hall–Kier alpha value is -1.97. The number of rotatable bonds is 11. The van der Waals surface area contributed by atoms with Crippen LogP contribution in [0.3, 0.4) is 0 Å². The van der Waals surface area contributed by atoms with Crippen LogP contribution < -0.4 is 10.6 Å². The molecule has 1 unspecified atom stereocenters. The molecule has 0 spiro atoms. The fraction of sp³-hybridized carbons (Fsp3) is 0.842. The second-order valence-corrected chi connectivity index (χ2v) is 8.30. The second kappa shape index (κ2) is 11.3. The third kappa shape index (κ3) is 7.09. The van der Waals surface area contributed by atoms with Gasteiger partial charge in [-0.1, -0.05) is 27.7 Å². The van der Waals surface area contributed by atoms with E-state index in [4.69, 9.17) is 0 Å². The minimum atomic E-state index is -2.95. The Morgan fingerprint density at radius 2 is 1.90 bits per heavy atom. The second-order valence-electron chi connectivity index (χ2n) is 8.30. The fourth-order valence-electron chi connectivity index (χ4n) is 3.69. The molecule has 1 saturated heterocycles. The first-order valence-corrected chi connectivity index (χ1v) is 9.97. The van der Waals surface area contributed by atoms with Gasteiger partial charge in [0, 0.05) is 12.5 Å². The molecule has 3 amide bonds. The van der Waals surface area contributed by atoms with Crippen LogP contribution in [0.5, 0.6) is 0 Å². The van der Waals surface area contributed by atoms with Crippen molar-refractivity contribution >= 4 is 17.9 Å². The lowest BCUT2D eigenvalue weighted by Gasteiger charge is -2.38. The highest BCUT2D eigenvalue weighted by Gasteiger charge is 2.42. The number of hydrogen-bond acceptors (Lipinski definition) is 4. The first kappa shape index (κ1) is 25.1. The first-order valence-electron chi connectivity index (χ1n) is 9.97. The van der Waals surface area contributed by atoms with Gasteiger partial charge in [0.2, 0.25) is 11.8 Å². The number of nitrogens with zero attached hydrogens (tertiary/aromatic N) is 1. The summed E-state index contributed by atoms with van der Waals surface area (Å²) in [6, 6.07) is -3.75. The van der Waals surface area contributed by atoms with E-state index >= 15 is 0 Å². The fourth-order valence-corrected chi connectivity index (χ4v) is 3.69. The van der Waals surface area contributed by atoms with Crippen molar-refractivity contribution in [3.8, 4) is 0 Å². The number of hydrogen-bond donors (Lipinski definition) is 4. The standard InChI is InChI=1S/C19H33F2N3O5/c1-10(2)7-14(24(19(28)29)15(11(3)4)16(20)21)18(27)23-13(9-25)8-12-5-6-22-17(12)26/h10-16,25H,5-9H2,1-4H3,(H,22,26)(H,23,27)(H,28,29)/t12-,13-,14-,15?/m0/s1. The molecule has 29 heavy (non-hydrogen) atoms. The molecule has 8 nitrogen and oxygen atoms in total. The molecule has 4 N–H and O–H groups in total. The van der Waals surface area contributed by atoms with E-state index in [1.807, 2.05) is 0 Å². The van der Waals surface area contributed by atoms with Crippen molar-refractivity contribution in [1.29, 1.82) is 0 Å². The zero-order valence-corrected chi connectivity index (χ0v) is 17.4. The number of amides is 3. The number of aliphatic hydroxyl groups excluding tert-OH is 1. The number of nitrogens with one attached hydrogen (secondary N) is 2. The summed E-state index contributed by atoms with van der Waals surface area (Å²) in [5.74, 6) is -2.11. The lowest BCUT2D eigenvalue weighted by Crippen LogP contribution is -2.59. The van der Waals surface area contributed by atoms with Crippen LogP contribution in [0.1, 0.15) is 47.0 Å². The Kier molecular flexibility index (Phi) is 9.75. The Bertz CT molecular complexity index is 566. The van der Waals surface area contributed by atoms with Gasteiger partial charge >= 0.3 is 6.09 Å². The van der Waals surface area contributed by atoms with Gasteiger partial charge in [0.05, 0.1) is 18.7 Å². The van der Waals surface area contributed by atoms with E-state index < -0.39 is 49.1 Å². The van der Waals surface area contributed by atoms with Gasteiger partial charge in [-0.25, -0.2) is 13.6 Å². The number of alkyl halides is 2. The molecular weight excluding hydrogens is 388 g/mol. The SMILES string of the molecule is CC(C)C[C@@H](C(=O)N[C@H](CO)C[C@@H]1CCNC1=O)N(C(=O)O)C(C(C)C)C(F)F. The molecule has 0 aliphatic carbocycles. The van der Waals surface area contributed by atoms with E-state index in [-0.39, 0.29) is 30.6 Å². The van der Waals surface area contributed by atoms with Crippen molar-refractivity contribution in [2.24, 2.45) is 17.8 Å². The average Bonchev–Trinajstić information content (AvgIpc) is 3.00. The maximum Gasteiger partial charge on any atom is 0.408 e. The molecule has 1 aliphatic rings. The normalized spacial score (nSPS) is 19.9. The summed E-state index contributed by atoms with van der Waals surface area (Å²) in [5.41, 5.74) is 0. The lowest BCUT2D eigenvalue weighted by molar-refractivity contribution is -0.131. The van der Waals surface area contributed by atoms with Gasteiger partial charge in [-0.2, -0.15) is 0 Å². The van der Waals surface area contributed by atoms with Crippen LogP contribution in [0, 0.1) is 17.8 Å². The first-order chi connectivity index (χ1) is 13.5. The average molecular weight is 421 g/mol. The van der Waals surface area contributed by atoms with Crippen molar-refractivity contribution in [3.05, 3.63) is 0 Å². The van der Waals surface area contributed by atoms with Gasteiger partial charge in [0.15, 0.2) is 0 Å².